The van der Waals surface area contributed by atoms with Gasteiger partial charge in [0.2, 0.25) is 0 Å². The summed E-state index contributed by atoms with van der Waals surface area (Å²) in [7, 11) is 0. The highest BCUT2D eigenvalue weighted by molar-refractivity contribution is 5.90. The van der Waals surface area contributed by atoms with E-state index in [0.717, 1.165) is 6.42 Å². The van der Waals surface area contributed by atoms with E-state index in [1.165, 1.54) is 0 Å². The molecule has 1 aliphatic rings. The highest BCUT2D eigenvalue weighted by atomic mass is 16.1. The predicted molar refractivity (Wildman–Crippen MR) is 46.2 cm³/mol. The average Bonchev–Trinajstić information content (AvgIpc) is 1.95. The van der Waals surface area contributed by atoms with Crippen LogP contribution < -0.4 is 0 Å². The molecule has 11 heavy (non-hydrogen) atoms. The molecule has 0 fully saturated rings. The van der Waals surface area contributed by atoms with E-state index in [-0.39, 0.29) is 5.78 Å². The summed E-state index contributed by atoms with van der Waals surface area (Å²) in [5.74, 6) is 1.29. The number of ketones is 1. The van der Waals surface area contributed by atoms with Crippen molar-refractivity contribution in [2.75, 3.05) is 0 Å². The van der Waals surface area contributed by atoms with Crippen LogP contribution in [0.5, 0.6) is 0 Å². The monoisotopic (exact) mass is 150 g/mol. The van der Waals surface area contributed by atoms with Gasteiger partial charge in [0.1, 0.15) is 0 Å². The van der Waals surface area contributed by atoms with Crippen LogP contribution in [-0.2, 0) is 4.79 Å². The molecule has 1 nitrogen and oxygen atoms in total. The summed E-state index contributed by atoms with van der Waals surface area (Å²) >= 11 is 0. The minimum Gasteiger partial charge on any atom is -0.295 e. The van der Waals surface area contributed by atoms with Crippen LogP contribution in [0.15, 0.2) is 24.8 Å². The van der Waals surface area contributed by atoms with Gasteiger partial charge in [-0.3, -0.25) is 4.79 Å². The summed E-state index contributed by atoms with van der Waals surface area (Å²) in [6.45, 7) is 5.81. The first-order chi connectivity index (χ1) is 5.24. The molecule has 1 aliphatic carbocycles. The SMILES string of the molecule is C=CC[C@H]1C=CC(=O)C[C@@H]1C. The van der Waals surface area contributed by atoms with Gasteiger partial charge in [-0.2, -0.15) is 0 Å². The van der Waals surface area contributed by atoms with Gasteiger partial charge < -0.3 is 0 Å². The molecule has 0 aliphatic heterocycles. The third-order valence-corrected chi connectivity index (χ3v) is 2.22. The van der Waals surface area contributed by atoms with Crippen LogP contribution in [0.1, 0.15) is 19.8 Å². The Balaban J connectivity index is 2.60. The molecule has 2 atom stereocenters. The molecule has 0 spiro atoms. The van der Waals surface area contributed by atoms with Crippen LogP contribution in [-0.4, -0.2) is 5.78 Å². The Labute approximate surface area is 67.8 Å². The standard InChI is InChI=1S/C10H14O/c1-3-4-9-5-6-10(11)7-8(9)2/h3,5-6,8-9H,1,4,7H2,2H3/t8-,9-/m0/s1. The van der Waals surface area contributed by atoms with E-state index in [0.29, 0.717) is 18.3 Å². The van der Waals surface area contributed by atoms with E-state index in [2.05, 4.69) is 13.5 Å². The Morgan fingerprint density at radius 2 is 2.55 bits per heavy atom. The number of rotatable bonds is 2. The van der Waals surface area contributed by atoms with Crippen molar-refractivity contribution in [1.29, 1.82) is 0 Å². The van der Waals surface area contributed by atoms with E-state index < -0.39 is 0 Å². The summed E-state index contributed by atoms with van der Waals surface area (Å²) in [4.78, 5) is 10.9. The van der Waals surface area contributed by atoms with Crippen LogP contribution in [0.4, 0.5) is 0 Å². The summed E-state index contributed by atoms with van der Waals surface area (Å²) < 4.78 is 0. The summed E-state index contributed by atoms with van der Waals surface area (Å²) in [5, 5.41) is 0. The lowest BCUT2D eigenvalue weighted by molar-refractivity contribution is -0.116. The molecule has 0 aromatic rings. The number of carbonyl (C=O) groups is 1. The predicted octanol–water partition coefficient (Wildman–Crippen LogP) is 2.34. The van der Waals surface area contributed by atoms with Gasteiger partial charge in [0.05, 0.1) is 0 Å². The maximum Gasteiger partial charge on any atom is 0.155 e. The second kappa shape index (κ2) is 3.51. The number of hydrogen-bond donors (Lipinski definition) is 0. The highest BCUT2D eigenvalue weighted by Crippen LogP contribution is 2.25. The van der Waals surface area contributed by atoms with E-state index in [1.807, 2.05) is 12.2 Å². The lowest BCUT2D eigenvalue weighted by atomic mass is 9.83. The summed E-state index contributed by atoms with van der Waals surface area (Å²) in [6.07, 6.45) is 7.33. The molecular formula is C10H14O. The van der Waals surface area contributed by atoms with Crippen LogP contribution >= 0.6 is 0 Å². The van der Waals surface area contributed by atoms with Gasteiger partial charge in [-0.15, -0.1) is 6.58 Å². The van der Waals surface area contributed by atoms with E-state index >= 15 is 0 Å². The highest BCUT2D eigenvalue weighted by Gasteiger charge is 2.19. The molecule has 0 amide bonds. The van der Waals surface area contributed by atoms with Gasteiger partial charge in [0.15, 0.2) is 5.78 Å². The Morgan fingerprint density at radius 3 is 3.09 bits per heavy atom. The van der Waals surface area contributed by atoms with Gasteiger partial charge >= 0.3 is 0 Å². The van der Waals surface area contributed by atoms with Crippen molar-refractivity contribution >= 4 is 5.78 Å². The third-order valence-electron chi connectivity index (χ3n) is 2.22. The molecule has 1 rings (SSSR count). The first-order valence-electron chi connectivity index (χ1n) is 4.06. The Bertz CT molecular complexity index is 191. The lowest BCUT2D eigenvalue weighted by Gasteiger charge is -2.21. The zero-order valence-corrected chi connectivity index (χ0v) is 6.92. The normalized spacial score (nSPS) is 30.5. The Kier molecular flexibility index (Phi) is 2.64. The molecule has 0 N–H and O–H groups in total. The van der Waals surface area contributed by atoms with Crippen molar-refractivity contribution in [1.82, 2.24) is 0 Å². The molecule has 0 bridgehead atoms. The molecular weight excluding hydrogens is 136 g/mol. The van der Waals surface area contributed by atoms with Gasteiger partial charge in [0, 0.05) is 6.42 Å². The maximum atomic E-state index is 10.9. The Morgan fingerprint density at radius 1 is 1.82 bits per heavy atom. The number of hydrogen-bond acceptors (Lipinski definition) is 1. The number of allylic oxidation sites excluding steroid dienone is 3. The molecule has 0 saturated carbocycles. The van der Waals surface area contributed by atoms with Gasteiger partial charge in [-0.1, -0.05) is 19.1 Å². The second-order valence-corrected chi connectivity index (χ2v) is 3.20. The van der Waals surface area contributed by atoms with Crippen molar-refractivity contribution in [3.8, 4) is 0 Å². The molecule has 60 valence electrons. The molecule has 0 radical (unpaired) electrons. The van der Waals surface area contributed by atoms with Crippen molar-refractivity contribution in [2.45, 2.75) is 19.8 Å². The summed E-state index contributed by atoms with van der Waals surface area (Å²) in [5.41, 5.74) is 0. The molecule has 0 aromatic heterocycles. The van der Waals surface area contributed by atoms with Crippen LogP contribution in [0.3, 0.4) is 0 Å². The Hall–Kier alpha value is -0.850. The smallest absolute Gasteiger partial charge is 0.155 e. The molecule has 0 heterocycles. The minimum atomic E-state index is 0.262. The van der Waals surface area contributed by atoms with Crippen LogP contribution in [0.2, 0.25) is 0 Å². The van der Waals surface area contributed by atoms with Crippen LogP contribution in [0.25, 0.3) is 0 Å². The zero-order chi connectivity index (χ0) is 8.27. The second-order valence-electron chi connectivity index (χ2n) is 3.20. The molecule has 1 heteroatoms. The lowest BCUT2D eigenvalue weighted by Crippen LogP contribution is -2.17. The molecule has 0 saturated heterocycles. The quantitative estimate of drug-likeness (QED) is 0.552. The minimum absolute atomic E-state index is 0.262. The zero-order valence-electron chi connectivity index (χ0n) is 6.92. The van der Waals surface area contributed by atoms with Gasteiger partial charge in [-0.05, 0) is 24.3 Å². The molecule has 0 aromatic carbocycles. The number of carbonyl (C=O) groups excluding carboxylic acids is 1. The van der Waals surface area contributed by atoms with Crippen molar-refractivity contribution < 1.29 is 4.79 Å². The topological polar surface area (TPSA) is 17.1 Å². The van der Waals surface area contributed by atoms with Gasteiger partial charge in [-0.25, -0.2) is 0 Å². The summed E-state index contributed by atoms with van der Waals surface area (Å²) in [6, 6.07) is 0. The maximum absolute atomic E-state index is 10.9. The van der Waals surface area contributed by atoms with E-state index in [4.69, 9.17) is 0 Å². The van der Waals surface area contributed by atoms with Crippen LogP contribution in [0, 0.1) is 11.8 Å². The third kappa shape index (κ3) is 2.04. The molecule has 0 unspecified atom stereocenters. The van der Waals surface area contributed by atoms with Crippen molar-refractivity contribution in [3.05, 3.63) is 24.8 Å². The van der Waals surface area contributed by atoms with Crippen molar-refractivity contribution in [3.63, 3.8) is 0 Å². The fraction of sp³-hybridized carbons (Fsp3) is 0.500. The van der Waals surface area contributed by atoms with E-state index in [9.17, 15) is 4.79 Å². The fourth-order valence-electron chi connectivity index (χ4n) is 1.46. The van der Waals surface area contributed by atoms with Crippen molar-refractivity contribution in [2.24, 2.45) is 11.8 Å². The fourth-order valence-corrected chi connectivity index (χ4v) is 1.46. The first kappa shape index (κ1) is 8.25. The first-order valence-corrected chi connectivity index (χ1v) is 4.06. The largest absolute Gasteiger partial charge is 0.295 e. The van der Waals surface area contributed by atoms with Gasteiger partial charge in [0.25, 0.3) is 0 Å². The van der Waals surface area contributed by atoms with E-state index in [1.54, 1.807) is 6.08 Å². The average molecular weight is 150 g/mol.